The second kappa shape index (κ2) is 8.07. The van der Waals surface area contributed by atoms with Gasteiger partial charge in [-0.1, -0.05) is 30.3 Å². The number of hydrogen-bond donors (Lipinski definition) is 0. The number of nitrogens with zero attached hydrogens (tertiary/aromatic N) is 3. The Balaban J connectivity index is 1.30. The lowest BCUT2D eigenvalue weighted by atomic mass is 10.1. The van der Waals surface area contributed by atoms with Gasteiger partial charge in [-0.15, -0.1) is 0 Å². The van der Waals surface area contributed by atoms with Gasteiger partial charge in [-0.25, -0.2) is 0 Å². The van der Waals surface area contributed by atoms with E-state index in [1.54, 1.807) is 65.6 Å². The number of rotatable bonds is 6. The first-order valence-corrected chi connectivity index (χ1v) is 11.0. The van der Waals surface area contributed by atoms with Crippen molar-refractivity contribution < 1.29 is 28.7 Å². The Labute approximate surface area is 200 Å². The first-order chi connectivity index (χ1) is 17.0. The first-order valence-electron chi connectivity index (χ1n) is 11.0. The lowest BCUT2D eigenvalue weighted by Gasteiger charge is -2.30. The zero-order valence-corrected chi connectivity index (χ0v) is 18.5. The molecule has 0 atom stereocenters. The van der Waals surface area contributed by atoms with Gasteiger partial charge < -0.3 is 9.47 Å². The summed E-state index contributed by atoms with van der Waals surface area (Å²) < 4.78 is 10.8. The van der Waals surface area contributed by atoms with E-state index in [9.17, 15) is 19.2 Å². The third-order valence-corrected chi connectivity index (χ3v) is 6.28. The minimum atomic E-state index is -0.413. The van der Waals surface area contributed by atoms with E-state index in [4.69, 9.17) is 9.47 Å². The van der Waals surface area contributed by atoms with Gasteiger partial charge in [0.05, 0.1) is 35.6 Å². The van der Waals surface area contributed by atoms with Crippen molar-refractivity contribution in [3.63, 3.8) is 0 Å². The van der Waals surface area contributed by atoms with E-state index in [2.05, 4.69) is 0 Å². The molecule has 174 valence electrons. The fourth-order valence-corrected chi connectivity index (χ4v) is 4.58. The van der Waals surface area contributed by atoms with Crippen LogP contribution in [-0.2, 0) is 6.54 Å². The fraction of sp³-hybridized carbons (Fsp3) is 0.154. The molecule has 0 bridgehead atoms. The van der Waals surface area contributed by atoms with Crippen molar-refractivity contribution in [1.29, 1.82) is 0 Å². The van der Waals surface area contributed by atoms with Crippen LogP contribution in [0.3, 0.4) is 0 Å². The normalized spacial score (nSPS) is 15.9. The van der Waals surface area contributed by atoms with Crippen LogP contribution in [0.1, 0.15) is 47.0 Å². The fourth-order valence-electron chi connectivity index (χ4n) is 4.58. The Morgan fingerprint density at radius 3 is 1.57 bits per heavy atom. The molecule has 9 heteroatoms. The standard InChI is InChI=1S/C26H19N3O6/c30-23-17-5-1-2-6-18(17)24(31)28(23)13-27(12-16-9-10-21-22(11-16)35-15-34-21)14-29-25(32)19-7-3-4-8-20(19)26(29)33/h1-11H,12-15H2. The molecule has 0 unspecified atom stereocenters. The molecule has 0 aromatic heterocycles. The summed E-state index contributed by atoms with van der Waals surface area (Å²) in [6.07, 6.45) is 0. The van der Waals surface area contributed by atoms with Crippen LogP contribution in [0, 0.1) is 0 Å². The molecule has 0 radical (unpaired) electrons. The summed E-state index contributed by atoms with van der Waals surface area (Å²) in [5.74, 6) is -0.440. The van der Waals surface area contributed by atoms with Crippen LogP contribution in [0.5, 0.6) is 11.5 Å². The molecule has 9 nitrogen and oxygen atoms in total. The summed E-state index contributed by atoms with van der Waals surface area (Å²) in [6.45, 7) is 0.173. The monoisotopic (exact) mass is 469 g/mol. The second-order valence-corrected chi connectivity index (χ2v) is 8.47. The summed E-state index contributed by atoms with van der Waals surface area (Å²) in [6, 6.07) is 18.7. The molecular weight excluding hydrogens is 450 g/mol. The molecule has 3 aromatic carbocycles. The molecule has 0 N–H and O–H groups in total. The van der Waals surface area contributed by atoms with Gasteiger partial charge in [-0.2, -0.15) is 0 Å². The number of ether oxygens (including phenoxy) is 2. The SMILES string of the molecule is O=C1c2ccccc2C(=O)N1CN(Cc1ccc2c(c1)OCO2)CN1C(=O)c2ccccc2C1=O. The number of carbonyl (C=O) groups is 4. The number of fused-ring (bicyclic) bond motifs is 3. The van der Waals surface area contributed by atoms with Crippen molar-refractivity contribution in [3.05, 3.63) is 94.5 Å². The molecule has 3 heterocycles. The molecule has 35 heavy (non-hydrogen) atoms. The van der Waals surface area contributed by atoms with Crippen molar-refractivity contribution in [2.24, 2.45) is 0 Å². The highest BCUT2D eigenvalue weighted by Gasteiger charge is 2.39. The average molecular weight is 469 g/mol. The minimum Gasteiger partial charge on any atom is -0.454 e. The highest BCUT2D eigenvalue weighted by molar-refractivity contribution is 6.22. The van der Waals surface area contributed by atoms with Crippen LogP contribution in [0.15, 0.2) is 66.7 Å². The summed E-state index contributed by atoms with van der Waals surface area (Å²) in [4.78, 5) is 55.9. The highest BCUT2D eigenvalue weighted by atomic mass is 16.7. The van der Waals surface area contributed by atoms with Crippen LogP contribution >= 0.6 is 0 Å². The van der Waals surface area contributed by atoms with Gasteiger partial charge in [0, 0.05) is 6.54 Å². The highest BCUT2D eigenvalue weighted by Crippen LogP contribution is 2.33. The number of imide groups is 2. The van der Waals surface area contributed by atoms with Gasteiger partial charge in [-0.3, -0.25) is 33.9 Å². The van der Waals surface area contributed by atoms with Gasteiger partial charge in [0.1, 0.15) is 0 Å². The Bertz CT molecular complexity index is 1270. The van der Waals surface area contributed by atoms with Gasteiger partial charge in [0.15, 0.2) is 11.5 Å². The van der Waals surface area contributed by atoms with Crippen molar-refractivity contribution in [1.82, 2.24) is 14.7 Å². The van der Waals surface area contributed by atoms with E-state index < -0.39 is 23.6 Å². The minimum absolute atomic E-state index is 0.103. The molecule has 3 aromatic rings. The Kier molecular flexibility index (Phi) is 4.85. The summed E-state index contributed by atoms with van der Waals surface area (Å²) >= 11 is 0. The second-order valence-electron chi connectivity index (χ2n) is 8.47. The first kappa shape index (κ1) is 21.1. The maximum Gasteiger partial charge on any atom is 0.262 e. The van der Waals surface area contributed by atoms with Crippen molar-refractivity contribution >= 4 is 23.6 Å². The smallest absolute Gasteiger partial charge is 0.262 e. The van der Waals surface area contributed by atoms with Gasteiger partial charge >= 0.3 is 0 Å². The third-order valence-electron chi connectivity index (χ3n) is 6.28. The van der Waals surface area contributed by atoms with Gasteiger partial charge in [0.2, 0.25) is 6.79 Å². The molecule has 0 aliphatic carbocycles. The summed E-state index contributed by atoms with van der Waals surface area (Å²) in [5.41, 5.74) is 2.15. The lowest BCUT2D eigenvalue weighted by molar-refractivity contribution is 0.0379. The third kappa shape index (κ3) is 3.44. The number of hydrogen-bond acceptors (Lipinski definition) is 7. The summed E-state index contributed by atoms with van der Waals surface area (Å²) in [7, 11) is 0. The van der Waals surface area contributed by atoms with Crippen LogP contribution in [0.4, 0.5) is 0 Å². The van der Waals surface area contributed by atoms with E-state index in [0.717, 1.165) is 15.4 Å². The van der Waals surface area contributed by atoms with E-state index in [-0.39, 0.29) is 26.7 Å². The topological polar surface area (TPSA) is 96.5 Å². The van der Waals surface area contributed by atoms with Crippen molar-refractivity contribution in [3.8, 4) is 11.5 Å². The van der Waals surface area contributed by atoms with Crippen LogP contribution in [-0.4, -0.2) is 58.5 Å². The number of amides is 4. The van der Waals surface area contributed by atoms with E-state index in [0.29, 0.717) is 33.8 Å². The Hall–Kier alpha value is -4.50. The van der Waals surface area contributed by atoms with E-state index >= 15 is 0 Å². The number of benzene rings is 3. The number of carbonyl (C=O) groups excluding carboxylic acids is 4. The molecule has 3 aliphatic heterocycles. The molecule has 6 rings (SSSR count). The Morgan fingerprint density at radius 2 is 1.09 bits per heavy atom. The molecule has 3 aliphatic rings. The molecule has 4 amide bonds. The van der Waals surface area contributed by atoms with Crippen LogP contribution < -0.4 is 9.47 Å². The molecule has 0 saturated carbocycles. The Morgan fingerprint density at radius 1 is 0.629 bits per heavy atom. The maximum absolute atomic E-state index is 13.0. The van der Waals surface area contributed by atoms with E-state index in [1.807, 2.05) is 6.07 Å². The maximum atomic E-state index is 13.0. The van der Waals surface area contributed by atoms with Crippen molar-refractivity contribution in [2.45, 2.75) is 6.54 Å². The molecule has 0 spiro atoms. The molecule has 0 fully saturated rings. The predicted molar refractivity (Wildman–Crippen MR) is 122 cm³/mol. The largest absolute Gasteiger partial charge is 0.454 e. The zero-order chi connectivity index (χ0) is 24.1. The quantitative estimate of drug-likeness (QED) is 0.512. The van der Waals surface area contributed by atoms with Gasteiger partial charge in [-0.05, 0) is 42.0 Å². The zero-order valence-electron chi connectivity index (χ0n) is 18.5. The van der Waals surface area contributed by atoms with Crippen LogP contribution in [0.2, 0.25) is 0 Å². The molecular formula is C26H19N3O6. The average Bonchev–Trinajstić information content (AvgIpc) is 3.51. The lowest BCUT2D eigenvalue weighted by Crippen LogP contribution is -2.47. The van der Waals surface area contributed by atoms with Crippen molar-refractivity contribution in [2.75, 3.05) is 20.1 Å². The molecule has 0 saturated heterocycles. The van der Waals surface area contributed by atoms with Crippen LogP contribution in [0.25, 0.3) is 0 Å². The predicted octanol–water partition coefficient (Wildman–Crippen LogP) is 2.72. The van der Waals surface area contributed by atoms with Gasteiger partial charge in [0.25, 0.3) is 23.6 Å². The summed E-state index contributed by atoms with van der Waals surface area (Å²) in [5, 5.41) is 0. The van der Waals surface area contributed by atoms with E-state index in [1.165, 1.54) is 0 Å².